The molecule has 6 heteroatoms. The molecule has 0 amide bonds. The van der Waals surface area contributed by atoms with Crippen molar-refractivity contribution in [1.29, 1.82) is 0 Å². The normalized spacial score (nSPS) is 14.8. The molecular formula is C10H26O3Si3. The molecule has 0 aromatic heterocycles. The lowest BCUT2D eigenvalue weighted by molar-refractivity contribution is 0.341. The van der Waals surface area contributed by atoms with Crippen molar-refractivity contribution in [3.05, 3.63) is 11.8 Å². The summed E-state index contributed by atoms with van der Waals surface area (Å²) in [5.74, 6) is 0. The largest absolute Gasteiger partial charge is 0.434 e. The topological polar surface area (TPSA) is 38.7 Å². The first-order chi connectivity index (χ1) is 6.97. The molecule has 3 nitrogen and oxygen atoms in total. The molecule has 0 aromatic rings. The highest BCUT2D eigenvalue weighted by Gasteiger charge is 2.38. The summed E-state index contributed by atoms with van der Waals surface area (Å²) < 4.78 is 12.4. The molecule has 0 aliphatic carbocycles. The zero-order valence-corrected chi connectivity index (χ0v) is 14.6. The van der Waals surface area contributed by atoms with Gasteiger partial charge in [-0.15, -0.1) is 0 Å². The maximum Gasteiger partial charge on any atom is 0.341 e. The van der Waals surface area contributed by atoms with E-state index in [1.54, 1.807) is 6.08 Å². The Bertz CT molecular complexity index is 225. The average Bonchev–Trinajstić information content (AvgIpc) is 1.93. The predicted octanol–water partition coefficient (Wildman–Crippen LogP) is 2.85. The quantitative estimate of drug-likeness (QED) is 0.759. The Kier molecular flexibility index (Phi) is 5.84. The van der Waals surface area contributed by atoms with Crippen LogP contribution in [0.15, 0.2) is 11.8 Å². The highest BCUT2D eigenvalue weighted by Crippen LogP contribution is 2.21. The Hall–Kier alpha value is 0.271. The highest BCUT2D eigenvalue weighted by molar-refractivity contribution is 6.89. The lowest BCUT2D eigenvalue weighted by Gasteiger charge is -2.36. The molecule has 0 unspecified atom stereocenters. The summed E-state index contributed by atoms with van der Waals surface area (Å²) in [6.45, 7) is 15.1. The van der Waals surface area contributed by atoms with Gasteiger partial charge in [0.05, 0.1) is 6.61 Å². The zero-order chi connectivity index (χ0) is 13.0. The van der Waals surface area contributed by atoms with Crippen LogP contribution in [0.1, 0.15) is 0 Å². The van der Waals surface area contributed by atoms with Crippen LogP contribution in [0.25, 0.3) is 0 Å². The van der Waals surface area contributed by atoms with Crippen molar-refractivity contribution < 1.29 is 13.3 Å². The second-order valence-corrected chi connectivity index (χ2v) is 18.5. The second kappa shape index (κ2) is 5.74. The van der Waals surface area contributed by atoms with Crippen LogP contribution in [-0.4, -0.2) is 36.9 Å². The Morgan fingerprint density at radius 3 is 1.50 bits per heavy atom. The maximum atomic E-state index is 8.87. The molecule has 0 aliphatic heterocycles. The van der Waals surface area contributed by atoms with E-state index in [0.29, 0.717) is 0 Å². The molecule has 96 valence electrons. The third kappa shape index (κ3) is 8.43. The monoisotopic (exact) mass is 278 g/mol. The predicted molar refractivity (Wildman–Crippen MR) is 76.7 cm³/mol. The fraction of sp³-hybridized carbons (Fsp3) is 0.800. The first kappa shape index (κ1) is 16.3. The van der Waals surface area contributed by atoms with Crippen LogP contribution in [-0.2, 0) is 8.23 Å². The number of aliphatic hydroxyl groups is 1. The van der Waals surface area contributed by atoms with Gasteiger partial charge in [-0.3, -0.25) is 0 Å². The minimum Gasteiger partial charge on any atom is -0.434 e. The minimum atomic E-state index is -2.26. The van der Waals surface area contributed by atoms with Gasteiger partial charge in [-0.1, -0.05) is 6.08 Å². The summed E-state index contributed by atoms with van der Waals surface area (Å²) >= 11 is 0. The van der Waals surface area contributed by atoms with Crippen molar-refractivity contribution in [2.75, 3.05) is 6.61 Å². The zero-order valence-electron chi connectivity index (χ0n) is 11.6. The molecule has 0 bridgehead atoms. The molecule has 0 rings (SSSR count). The van der Waals surface area contributed by atoms with Crippen molar-refractivity contribution >= 4 is 25.2 Å². The Morgan fingerprint density at radius 1 is 0.875 bits per heavy atom. The average molecular weight is 279 g/mol. The Morgan fingerprint density at radius 2 is 1.25 bits per heavy atom. The molecule has 0 heterocycles. The standard InChI is InChI=1S/C10H26O3Si3/c1-14(2,3)12-16(7,10-8-9-11)13-15(4,5)6/h8,10-11H,9H2,1-7H3/b10-8+. The van der Waals surface area contributed by atoms with Gasteiger partial charge in [0.2, 0.25) is 0 Å². The van der Waals surface area contributed by atoms with E-state index >= 15 is 0 Å². The summed E-state index contributed by atoms with van der Waals surface area (Å²) in [5.41, 5.74) is 1.96. The van der Waals surface area contributed by atoms with E-state index in [9.17, 15) is 0 Å². The Labute approximate surface area is 103 Å². The first-order valence-electron chi connectivity index (χ1n) is 5.66. The molecule has 1 N–H and O–H groups in total. The number of hydrogen-bond donors (Lipinski definition) is 1. The van der Waals surface area contributed by atoms with E-state index in [1.807, 2.05) is 5.70 Å². The van der Waals surface area contributed by atoms with Crippen LogP contribution in [0.5, 0.6) is 0 Å². The summed E-state index contributed by atoms with van der Waals surface area (Å²) in [6.07, 6.45) is 1.74. The molecule has 0 saturated heterocycles. The van der Waals surface area contributed by atoms with Gasteiger partial charge in [0.25, 0.3) is 0 Å². The molecule has 0 aliphatic rings. The van der Waals surface area contributed by atoms with Gasteiger partial charge in [0, 0.05) is 0 Å². The van der Waals surface area contributed by atoms with Gasteiger partial charge >= 0.3 is 8.56 Å². The molecule has 0 radical (unpaired) electrons. The lowest BCUT2D eigenvalue weighted by atomic mass is 10.7. The second-order valence-electron chi connectivity index (χ2n) is 6.03. The fourth-order valence-corrected chi connectivity index (χ4v) is 12.9. The van der Waals surface area contributed by atoms with Gasteiger partial charge in [0.15, 0.2) is 16.6 Å². The molecule has 0 aromatic carbocycles. The Balaban J connectivity index is 4.82. The highest BCUT2D eigenvalue weighted by atomic mass is 28.5. The lowest BCUT2D eigenvalue weighted by Crippen LogP contribution is -2.51. The van der Waals surface area contributed by atoms with E-state index in [0.717, 1.165) is 0 Å². The van der Waals surface area contributed by atoms with Crippen LogP contribution in [0.3, 0.4) is 0 Å². The number of aliphatic hydroxyl groups excluding tert-OH is 1. The van der Waals surface area contributed by atoms with E-state index in [1.165, 1.54) is 0 Å². The summed E-state index contributed by atoms with van der Waals surface area (Å²) in [6, 6.07) is 0. The molecule has 0 atom stereocenters. The van der Waals surface area contributed by atoms with Crippen LogP contribution < -0.4 is 0 Å². The minimum absolute atomic E-state index is 0.0483. The van der Waals surface area contributed by atoms with Crippen molar-refractivity contribution in [1.82, 2.24) is 0 Å². The first-order valence-corrected chi connectivity index (χ1v) is 14.9. The van der Waals surface area contributed by atoms with Crippen LogP contribution in [0.2, 0.25) is 45.8 Å². The maximum absolute atomic E-state index is 8.87. The summed E-state index contributed by atoms with van der Waals surface area (Å²) in [4.78, 5) is 0. The van der Waals surface area contributed by atoms with E-state index < -0.39 is 25.2 Å². The van der Waals surface area contributed by atoms with Crippen LogP contribution >= 0.6 is 0 Å². The molecular weight excluding hydrogens is 252 g/mol. The van der Waals surface area contributed by atoms with Crippen molar-refractivity contribution in [3.63, 3.8) is 0 Å². The third-order valence-corrected chi connectivity index (χ3v) is 10.5. The van der Waals surface area contributed by atoms with Crippen molar-refractivity contribution in [3.8, 4) is 0 Å². The smallest absolute Gasteiger partial charge is 0.341 e. The van der Waals surface area contributed by atoms with E-state index in [2.05, 4.69) is 45.8 Å². The summed E-state index contributed by atoms with van der Waals surface area (Å²) in [5, 5.41) is 8.87. The number of hydrogen-bond acceptors (Lipinski definition) is 3. The van der Waals surface area contributed by atoms with Gasteiger partial charge in [-0.25, -0.2) is 0 Å². The van der Waals surface area contributed by atoms with Crippen LogP contribution in [0.4, 0.5) is 0 Å². The van der Waals surface area contributed by atoms with Gasteiger partial charge in [0.1, 0.15) is 0 Å². The summed E-state index contributed by atoms with van der Waals surface area (Å²) in [7, 11) is -5.49. The van der Waals surface area contributed by atoms with E-state index in [4.69, 9.17) is 13.3 Å². The fourth-order valence-electron chi connectivity index (χ4n) is 1.57. The molecule has 0 spiro atoms. The van der Waals surface area contributed by atoms with Gasteiger partial charge in [-0.2, -0.15) is 0 Å². The van der Waals surface area contributed by atoms with Gasteiger partial charge in [-0.05, 0) is 51.5 Å². The molecule has 16 heavy (non-hydrogen) atoms. The van der Waals surface area contributed by atoms with Crippen molar-refractivity contribution in [2.24, 2.45) is 0 Å². The third-order valence-electron chi connectivity index (χ3n) is 1.54. The van der Waals surface area contributed by atoms with Gasteiger partial charge < -0.3 is 13.3 Å². The molecule has 0 saturated carbocycles. The van der Waals surface area contributed by atoms with Crippen LogP contribution in [0, 0.1) is 0 Å². The number of rotatable bonds is 6. The van der Waals surface area contributed by atoms with E-state index in [-0.39, 0.29) is 6.61 Å². The SMILES string of the molecule is C[Si](C)(C)O[Si](C)(/C=C/CO)O[Si](C)(C)C. The van der Waals surface area contributed by atoms with Crippen molar-refractivity contribution in [2.45, 2.75) is 45.8 Å². The molecule has 0 fully saturated rings.